The monoisotopic (exact) mass is 199 g/mol. The molecule has 0 aliphatic heterocycles. The molecule has 0 amide bonds. The second kappa shape index (κ2) is 3.48. The van der Waals surface area contributed by atoms with E-state index in [4.69, 9.17) is 0 Å². The van der Waals surface area contributed by atoms with Gasteiger partial charge in [0.15, 0.2) is 0 Å². The van der Waals surface area contributed by atoms with Gasteiger partial charge in [0.1, 0.15) is 0 Å². The third-order valence-electron chi connectivity index (χ3n) is 2.62. The van der Waals surface area contributed by atoms with Crippen LogP contribution < -0.4 is 0 Å². The molecule has 9 heavy (non-hydrogen) atoms. The normalized spacial score (nSPS) is 41.0. The first-order valence-electron chi connectivity index (χ1n) is 3.33. The Labute approximate surface area is 83.7 Å². The summed E-state index contributed by atoms with van der Waals surface area (Å²) in [5, 5.41) is 0. The van der Waals surface area contributed by atoms with Gasteiger partial charge in [-0.1, -0.05) is 25.7 Å². The largest absolute Gasteiger partial charge is 0.345 e. The molecule has 0 bridgehead atoms. The van der Waals surface area contributed by atoms with Crippen LogP contribution in [-0.2, 0) is 32.7 Å². The van der Waals surface area contributed by atoms with Crippen LogP contribution >= 0.6 is 0 Å². The molecule has 0 saturated heterocycles. The second-order valence-electron chi connectivity index (χ2n) is 3.05. The molecule has 1 fully saturated rings. The predicted octanol–water partition coefficient (Wildman–Crippen LogP) is 2.46. The Kier molecular flexibility index (Phi) is 3.91. The maximum absolute atomic E-state index is 4.11. The van der Waals surface area contributed by atoms with Crippen LogP contribution in [0.2, 0.25) is 0 Å². The molecule has 0 aromatic carbocycles. The zero-order chi connectivity index (χ0) is 6.20. The molecule has 1 radical (unpaired) electrons. The molecule has 1 rings (SSSR count). The molecule has 2 atom stereocenters. The summed E-state index contributed by atoms with van der Waals surface area (Å²) < 4.78 is 0. The first-order valence-corrected chi connectivity index (χ1v) is 3.33. The number of rotatable bonds is 1. The molecular formula is C8H14Y-2. The van der Waals surface area contributed by atoms with Gasteiger partial charge in [0, 0.05) is 32.7 Å². The summed E-state index contributed by atoms with van der Waals surface area (Å²) >= 11 is 0. The molecular weight excluding hydrogens is 185 g/mol. The molecule has 0 heterocycles. The fraction of sp³-hybridized carbons (Fsp3) is 0.750. The van der Waals surface area contributed by atoms with Gasteiger partial charge in [0.25, 0.3) is 0 Å². The van der Waals surface area contributed by atoms with Crippen molar-refractivity contribution in [2.75, 3.05) is 0 Å². The van der Waals surface area contributed by atoms with Gasteiger partial charge in [0.05, 0.1) is 0 Å². The molecule has 0 aromatic heterocycles. The van der Waals surface area contributed by atoms with Crippen LogP contribution in [0.4, 0.5) is 0 Å². The molecule has 0 N–H and O–H groups in total. The second-order valence-corrected chi connectivity index (χ2v) is 3.05. The van der Waals surface area contributed by atoms with Crippen molar-refractivity contribution in [3.63, 3.8) is 0 Å². The van der Waals surface area contributed by atoms with E-state index in [2.05, 4.69) is 20.8 Å². The Hall–Kier alpha value is 1.10. The van der Waals surface area contributed by atoms with E-state index in [0.29, 0.717) is 5.41 Å². The standard InChI is InChI=1S/C8H14.Y/c1-4-8(3)6-5-7(8)2;/h7H,1,3-6H2,2H3;/q-2;. The van der Waals surface area contributed by atoms with Crippen LogP contribution in [-0.4, -0.2) is 0 Å². The van der Waals surface area contributed by atoms with Crippen molar-refractivity contribution in [3.05, 3.63) is 13.8 Å². The first kappa shape index (κ1) is 10.1. The summed E-state index contributed by atoms with van der Waals surface area (Å²) in [6.07, 6.45) is 3.66. The van der Waals surface area contributed by atoms with Crippen molar-refractivity contribution in [1.29, 1.82) is 0 Å². The Morgan fingerprint density at radius 2 is 2.22 bits per heavy atom. The molecule has 0 aromatic rings. The van der Waals surface area contributed by atoms with Crippen molar-refractivity contribution in [2.24, 2.45) is 11.3 Å². The summed E-state index contributed by atoms with van der Waals surface area (Å²) in [7, 11) is 0. The summed E-state index contributed by atoms with van der Waals surface area (Å²) in [6.45, 7) is 10.2. The van der Waals surface area contributed by atoms with Crippen molar-refractivity contribution >= 4 is 0 Å². The van der Waals surface area contributed by atoms with Gasteiger partial charge in [-0.3, -0.25) is 0 Å². The summed E-state index contributed by atoms with van der Waals surface area (Å²) in [4.78, 5) is 0. The van der Waals surface area contributed by atoms with Gasteiger partial charge in [-0.15, -0.1) is 0 Å². The third kappa shape index (κ3) is 1.77. The molecule has 1 aliphatic rings. The molecule has 51 valence electrons. The van der Waals surface area contributed by atoms with Crippen LogP contribution in [0.25, 0.3) is 0 Å². The van der Waals surface area contributed by atoms with Gasteiger partial charge < -0.3 is 13.8 Å². The van der Waals surface area contributed by atoms with E-state index in [9.17, 15) is 0 Å². The zero-order valence-corrected chi connectivity index (χ0v) is 9.03. The van der Waals surface area contributed by atoms with Gasteiger partial charge in [-0.25, -0.2) is 6.42 Å². The summed E-state index contributed by atoms with van der Waals surface area (Å²) in [5.41, 5.74) is 0.361. The maximum atomic E-state index is 4.11. The van der Waals surface area contributed by atoms with Crippen LogP contribution in [0, 0.1) is 25.2 Å². The average molecular weight is 199 g/mol. The van der Waals surface area contributed by atoms with E-state index < -0.39 is 0 Å². The zero-order valence-electron chi connectivity index (χ0n) is 6.19. The van der Waals surface area contributed by atoms with Crippen LogP contribution in [0.3, 0.4) is 0 Å². The topological polar surface area (TPSA) is 0 Å². The number of hydrogen-bond donors (Lipinski definition) is 0. The van der Waals surface area contributed by atoms with Gasteiger partial charge in [0.2, 0.25) is 0 Å². The van der Waals surface area contributed by atoms with Crippen molar-refractivity contribution in [3.8, 4) is 0 Å². The van der Waals surface area contributed by atoms with Gasteiger partial charge >= 0.3 is 0 Å². The maximum Gasteiger partial charge on any atom is 0 e. The summed E-state index contributed by atoms with van der Waals surface area (Å²) in [5.74, 6) is 0.819. The Bertz CT molecular complexity index is 86.6. The molecule has 1 heteroatoms. The van der Waals surface area contributed by atoms with Crippen LogP contribution in [0.5, 0.6) is 0 Å². The van der Waals surface area contributed by atoms with E-state index in [-0.39, 0.29) is 32.7 Å². The van der Waals surface area contributed by atoms with Crippen LogP contribution in [0.1, 0.15) is 26.2 Å². The molecule has 1 saturated carbocycles. The van der Waals surface area contributed by atoms with E-state index in [1.54, 1.807) is 0 Å². The minimum atomic E-state index is 0. The van der Waals surface area contributed by atoms with Gasteiger partial charge in [-0.05, 0) is 0 Å². The fourth-order valence-electron chi connectivity index (χ4n) is 1.21. The van der Waals surface area contributed by atoms with E-state index in [1.165, 1.54) is 12.8 Å². The summed E-state index contributed by atoms with van der Waals surface area (Å²) in [6, 6.07) is 0. The minimum absolute atomic E-state index is 0. The van der Waals surface area contributed by atoms with Gasteiger partial charge in [-0.2, -0.15) is 5.41 Å². The fourth-order valence-corrected chi connectivity index (χ4v) is 1.21. The molecule has 0 spiro atoms. The Morgan fingerprint density at radius 3 is 2.22 bits per heavy atom. The van der Waals surface area contributed by atoms with Crippen molar-refractivity contribution < 1.29 is 32.7 Å². The molecule has 1 aliphatic carbocycles. The van der Waals surface area contributed by atoms with Crippen molar-refractivity contribution in [2.45, 2.75) is 26.2 Å². The first-order chi connectivity index (χ1) is 3.69. The minimum Gasteiger partial charge on any atom is -0.345 e. The number of hydrogen-bond acceptors (Lipinski definition) is 0. The Morgan fingerprint density at radius 1 is 1.67 bits per heavy atom. The SMILES string of the molecule is [CH2-]CC1([CH2-])CCC1C.[Y]. The van der Waals surface area contributed by atoms with Crippen LogP contribution in [0.15, 0.2) is 0 Å². The Balaban J connectivity index is 0.000000640. The molecule has 2 unspecified atom stereocenters. The quantitative estimate of drug-likeness (QED) is 0.569. The van der Waals surface area contributed by atoms with E-state index in [1.807, 2.05) is 0 Å². The molecule has 0 nitrogen and oxygen atoms in total. The van der Waals surface area contributed by atoms with E-state index >= 15 is 0 Å². The predicted molar refractivity (Wildman–Crippen MR) is 36.2 cm³/mol. The van der Waals surface area contributed by atoms with Crippen molar-refractivity contribution in [1.82, 2.24) is 0 Å². The van der Waals surface area contributed by atoms with E-state index in [0.717, 1.165) is 12.3 Å². The smallest absolute Gasteiger partial charge is 0 e. The average Bonchev–Trinajstić information content (AvgIpc) is 1.83. The third-order valence-corrected chi connectivity index (χ3v) is 2.62.